The average molecular weight is 233 g/mol. The summed E-state index contributed by atoms with van der Waals surface area (Å²) in [6, 6.07) is 1.37. The molecular weight excluding hydrogens is 227 g/mol. The molecule has 0 bridgehead atoms. The Morgan fingerprint density at radius 1 is 1.43 bits per heavy atom. The molecule has 1 heterocycles. The summed E-state index contributed by atoms with van der Waals surface area (Å²) in [4.78, 5) is 11.3. The molecule has 0 aliphatic carbocycles. The first kappa shape index (κ1) is 9.62. The number of aromatic hydroxyl groups is 1. The summed E-state index contributed by atoms with van der Waals surface area (Å²) in [7, 11) is 0. The molecule has 1 aromatic rings. The van der Waals surface area contributed by atoms with Crippen molar-refractivity contribution < 1.29 is 14.6 Å². The van der Waals surface area contributed by atoms with Gasteiger partial charge in [0, 0.05) is 6.42 Å². The van der Waals surface area contributed by atoms with E-state index in [-0.39, 0.29) is 22.4 Å². The summed E-state index contributed by atoms with van der Waals surface area (Å²) in [6.45, 7) is 0.284. The number of halogens is 2. The molecule has 1 aliphatic heterocycles. The van der Waals surface area contributed by atoms with Crippen LogP contribution in [-0.4, -0.2) is 17.7 Å². The lowest BCUT2D eigenvalue weighted by molar-refractivity contribution is 0.0480. The van der Waals surface area contributed by atoms with Crippen molar-refractivity contribution in [3.63, 3.8) is 0 Å². The lowest BCUT2D eigenvalue weighted by Gasteiger charge is -2.17. The second kappa shape index (κ2) is 3.33. The van der Waals surface area contributed by atoms with E-state index in [0.29, 0.717) is 17.5 Å². The Morgan fingerprint density at radius 2 is 2.14 bits per heavy atom. The second-order valence-corrected chi connectivity index (χ2v) is 3.72. The lowest BCUT2D eigenvalue weighted by atomic mass is 10.0. The van der Waals surface area contributed by atoms with E-state index in [4.69, 9.17) is 27.9 Å². The van der Waals surface area contributed by atoms with Crippen LogP contribution in [0.4, 0.5) is 0 Å². The molecule has 0 atom stereocenters. The smallest absolute Gasteiger partial charge is 0.338 e. The minimum absolute atomic E-state index is 0.0626. The molecule has 0 aromatic heterocycles. The zero-order valence-corrected chi connectivity index (χ0v) is 8.52. The first-order valence-electron chi connectivity index (χ1n) is 3.98. The fourth-order valence-corrected chi connectivity index (χ4v) is 1.95. The Morgan fingerprint density at radius 3 is 2.86 bits per heavy atom. The molecule has 0 radical (unpaired) electrons. The maximum Gasteiger partial charge on any atom is 0.338 e. The molecule has 0 amide bonds. The molecule has 1 aliphatic rings. The van der Waals surface area contributed by atoms with Crippen LogP contribution in [0, 0.1) is 0 Å². The van der Waals surface area contributed by atoms with E-state index < -0.39 is 5.97 Å². The quantitative estimate of drug-likeness (QED) is 0.700. The van der Waals surface area contributed by atoms with Crippen molar-refractivity contribution in [2.24, 2.45) is 0 Å². The van der Waals surface area contributed by atoms with Crippen LogP contribution >= 0.6 is 23.2 Å². The molecule has 14 heavy (non-hydrogen) atoms. The number of cyclic esters (lactones) is 1. The molecule has 1 aromatic carbocycles. The van der Waals surface area contributed by atoms with Crippen LogP contribution in [0.2, 0.25) is 10.0 Å². The van der Waals surface area contributed by atoms with Crippen molar-refractivity contribution in [1.29, 1.82) is 0 Å². The van der Waals surface area contributed by atoms with Crippen LogP contribution in [0.25, 0.3) is 0 Å². The zero-order chi connectivity index (χ0) is 10.3. The van der Waals surface area contributed by atoms with E-state index in [1.165, 1.54) is 6.07 Å². The number of phenols is 1. The molecule has 3 nitrogen and oxygen atoms in total. The predicted molar refractivity (Wildman–Crippen MR) is 52.1 cm³/mol. The first-order valence-corrected chi connectivity index (χ1v) is 4.74. The van der Waals surface area contributed by atoms with Crippen LogP contribution in [-0.2, 0) is 11.2 Å². The maximum atomic E-state index is 11.3. The summed E-state index contributed by atoms with van der Waals surface area (Å²) in [5.41, 5.74) is 0.939. The van der Waals surface area contributed by atoms with Crippen LogP contribution in [0.1, 0.15) is 15.9 Å². The first-order chi connectivity index (χ1) is 6.61. The van der Waals surface area contributed by atoms with Gasteiger partial charge in [-0.2, -0.15) is 0 Å². The van der Waals surface area contributed by atoms with E-state index in [1.54, 1.807) is 0 Å². The highest BCUT2D eigenvalue weighted by Crippen LogP contribution is 2.38. The summed E-state index contributed by atoms with van der Waals surface area (Å²) in [5, 5.41) is 9.64. The molecule has 0 fully saturated rings. The Kier molecular flexibility index (Phi) is 2.29. The van der Waals surface area contributed by atoms with Crippen molar-refractivity contribution in [3.05, 3.63) is 27.2 Å². The van der Waals surface area contributed by atoms with Crippen LogP contribution < -0.4 is 0 Å². The van der Waals surface area contributed by atoms with E-state index >= 15 is 0 Å². The Balaban J connectivity index is 2.69. The largest absolute Gasteiger partial charge is 0.505 e. The van der Waals surface area contributed by atoms with Gasteiger partial charge in [-0.05, 0) is 11.6 Å². The topological polar surface area (TPSA) is 46.5 Å². The van der Waals surface area contributed by atoms with Crippen LogP contribution in [0.15, 0.2) is 6.07 Å². The zero-order valence-electron chi connectivity index (χ0n) is 7.01. The van der Waals surface area contributed by atoms with Crippen molar-refractivity contribution in [3.8, 4) is 5.75 Å². The number of carbonyl (C=O) groups is 1. The number of rotatable bonds is 0. The molecular formula is C9H6Cl2O3. The highest BCUT2D eigenvalue weighted by Gasteiger charge is 2.24. The number of carbonyl (C=O) groups excluding carboxylic acids is 1. The maximum absolute atomic E-state index is 11.3. The third kappa shape index (κ3) is 1.33. The van der Waals surface area contributed by atoms with Gasteiger partial charge >= 0.3 is 5.97 Å². The summed E-state index contributed by atoms with van der Waals surface area (Å²) in [6.07, 6.45) is 0.505. The third-order valence-electron chi connectivity index (χ3n) is 2.10. The van der Waals surface area contributed by atoms with Gasteiger partial charge in [0.1, 0.15) is 0 Å². The minimum Gasteiger partial charge on any atom is -0.505 e. The Bertz CT molecular complexity index is 415. The van der Waals surface area contributed by atoms with Gasteiger partial charge in [-0.3, -0.25) is 0 Å². The van der Waals surface area contributed by atoms with Crippen molar-refractivity contribution in [2.45, 2.75) is 6.42 Å². The van der Waals surface area contributed by atoms with Crippen LogP contribution in [0.3, 0.4) is 0 Å². The van der Waals surface area contributed by atoms with Crippen LogP contribution in [0.5, 0.6) is 5.75 Å². The summed E-state index contributed by atoms with van der Waals surface area (Å²) in [5.74, 6) is -0.628. The molecule has 5 heteroatoms. The van der Waals surface area contributed by atoms with Gasteiger partial charge < -0.3 is 9.84 Å². The standard InChI is InChI=1S/C9H6Cl2O3/c10-6-3-5-4(7(11)8(6)12)1-2-14-9(5)13/h3,12H,1-2H2. The summed E-state index contributed by atoms with van der Waals surface area (Å²) >= 11 is 11.5. The molecule has 0 saturated carbocycles. The molecule has 0 spiro atoms. The van der Waals surface area contributed by atoms with Gasteiger partial charge in [0.25, 0.3) is 0 Å². The number of hydrogen-bond acceptors (Lipinski definition) is 3. The number of ether oxygens (including phenoxy) is 1. The summed E-state index contributed by atoms with van der Waals surface area (Å²) < 4.78 is 4.82. The van der Waals surface area contributed by atoms with E-state index in [0.717, 1.165) is 0 Å². The van der Waals surface area contributed by atoms with E-state index in [9.17, 15) is 9.90 Å². The molecule has 0 saturated heterocycles. The number of phenolic OH excluding ortho intramolecular Hbond substituents is 1. The third-order valence-corrected chi connectivity index (χ3v) is 2.80. The molecule has 74 valence electrons. The van der Waals surface area contributed by atoms with Gasteiger partial charge in [0.05, 0.1) is 22.2 Å². The predicted octanol–water partition coefficient (Wildman–Crippen LogP) is 2.41. The van der Waals surface area contributed by atoms with Gasteiger partial charge in [0.2, 0.25) is 0 Å². The highest BCUT2D eigenvalue weighted by atomic mass is 35.5. The van der Waals surface area contributed by atoms with Gasteiger partial charge in [-0.1, -0.05) is 23.2 Å². The SMILES string of the molecule is O=C1OCCc2c1cc(Cl)c(O)c2Cl. The minimum atomic E-state index is -0.449. The van der Waals surface area contributed by atoms with Crippen molar-refractivity contribution in [1.82, 2.24) is 0 Å². The lowest BCUT2D eigenvalue weighted by Crippen LogP contribution is -2.17. The molecule has 1 N–H and O–H groups in total. The fourth-order valence-electron chi connectivity index (χ4n) is 1.40. The number of fused-ring (bicyclic) bond motifs is 1. The normalized spacial score (nSPS) is 14.9. The fraction of sp³-hybridized carbons (Fsp3) is 0.222. The van der Waals surface area contributed by atoms with Gasteiger partial charge in [0.15, 0.2) is 5.75 Å². The highest BCUT2D eigenvalue weighted by molar-refractivity contribution is 6.38. The molecule has 2 rings (SSSR count). The average Bonchev–Trinajstić information content (AvgIpc) is 2.17. The molecule has 0 unspecified atom stereocenters. The second-order valence-electron chi connectivity index (χ2n) is 2.93. The van der Waals surface area contributed by atoms with Crippen molar-refractivity contribution in [2.75, 3.05) is 6.61 Å². The number of benzene rings is 1. The van der Waals surface area contributed by atoms with E-state index in [1.807, 2.05) is 0 Å². The van der Waals surface area contributed by atoms with E-state index in [2.05, 4.69) is 0 Å². The van der Waals surface area contributed by atoms with Crippen molar-refractivity contribution >= 4 is 29.2 Å². The Hall–Kier alpha value is -0.930. The van der Waals surface area contributed by atoms with Gasteiger partial charge in [-0.25, -0.2) is 4.79 Å². The number of esters is 1. The Labute approximate surface area is 90.2 Å². The number of hydrogen-bond donors (Lipinski definition) is 1. The monoisotopic (exact) mass is 232 g/mol. The van der Waals surface area contributed by atoms with Gasteiger partial charge in [-0.15, -0.1) is 0 Å².